The molecule has 10 heteroatoms. The summed E-state index contributed by atoms with van der Waals surface area (Å²) in [4.78, 5) is 33.0. The Labute approximate surface area is 207 Å². The van der Waals surface area contributed by atoms with E-state index in [0.717, 1.165) is 56.9 Å². The van der Waals surface area contributed by atoms with Crippen LogP contribution in [0.25, 0.3) is 0 Å². The lowest BCUT2D eigenvalue weighted by molar-refractivity contribution is 0.0946. The molecule has 0 saturated carbocycles. The van der Waals surface area contributed by atoms with Crippen molar-refractivity contribution in [2.45, 2.75) is 35.7 Å². The fourth-order valence-corrected chi connectivity index (χ4v) is 5.39. The number of amides is 1. The molecule has 34 heavy (non-hydrogen) atoms. The summed E-state index contributed by atoms with van der Waals surface area (Å²) in [6, 6.07) is 5.48. The van der Waals surface area contributed by atoms with Crippen LogP contribution in [0.15, 0.2) is 59.1 Å². The van der Waals surface area contributed by atoms with E-state index in [1.54, 1.807) is 30.9 Å². The summed E-state index contributed by atoms with van der Waals surface area (Å²) < 4.78 is 5.63. The van der Waals surface area contributed by atoms with Crippen LogP contribution in [0.4, 0.5) is 5.82 Å². The molecule has 0 aromatic carbocycles. The number of hydrogen-bond donors (Lipinski definition) is 1. The smallest absolute Gasteiger partial charge is 0.271 e. The van der Waals surface area contributed by atoms with Crippen molar-refractivity contribution in [2.75, 3.05) is 31.2 Å². The molecule has 0 unspecified atom stereocenters. The third-order valence-electron chi connectivity index (χ3n) is 6.41. The highest BCUT2D eigenvalue weighted by Gasteiger charge is 2.38. The van der Waals surface area contributed by atoms with Gasteiger partial charge in [0, 0.05) is 49.7 Å². The number of pyridine rings is 2. The third-order valence-corrected chi connectivity index (χ3v) is 7.88. The number of carbonyl (C=O) groups is 1. The van der Waals surface area contributed by atoms with Crippen LogP contribution in [0.3, 0.4) is 0 Å². The molecular weight excluding hydrogens is 472 g/mol. The Kier molecular flexibility index (Phi) is 6.94. The summed E-state index contributed by atoms with van der Waals surface area (Å²) in [5.41, 5.74) is 1.44. The topological polar surface area (TPSA) is 93.1 Å². The van der Waals surface area contributed by atoms with Gasteiger partial charge in [0.25, 0.3) is 5.91 Å². The molecule has 0 atom stereocenters. The summed E-state index contributed by atoms with van der Waals surface area (Å²) in [5, 5.41) is 3.83. The molecule has 3 aromatic rings. The lowest BCUT2D eigenvalue weighted by atomic mass is 9.78. The summed E-state index contributed by atoms with van der Waals surface area (Å²) in [6.07, 6.45) is 11.9. The predicted octanol–water partition coefficient (Wildman–Crippen LogP) is 4.01. The number of nitrogens with zero attached hydrogens (tertiary/aromatic N) is 5. The van der Waals surface area contributed by atoms with E-state index in [2.05, 4.69) is 30.2 Å². The molecule has 0 aliphatic carbocycles. The van der Waals surface area contributed by atoms with Gasteiger partial charge < -0.3 is 15.0 Å². The molecule has 1 amide bonds. The number of hydrogen-bond acceptors (Lipinski definition) is 8. The Morgan fingerprint density at radius 3 is 2.71 bits per heavy atom. The normalized spacial score (nSPS) is 17.1. The molecule has 2 aliphatic rings. The zero-order valence-corrected chi connectivity index (χ0v) is 20.2. The highest BCUT2D eigenvalue weighted by Crippen LogP contribution is 2.40. The molecule has 8 nitrogen and oxygen atoms in total. The Balaban J connectivity index is 1.21. The van der Waals surface area contributed by atoms with Gasteiger partial charge in [-0.3, -0.25) is 9.78 Å². The highest BCUT2D eigenvalue weighted by molar-refractivity contribution is 7.99. The van der Waals surface area contributed by atoms with Crippen LogP contribution in [0.5, 0.6) is 0 Å². The van der Waals surface area contributed by atoms with Gasteiger partial charge in [-0.2, -0.15) is 0 Å². The Hall–Kier alpha value is -2.75. The van der Waals surface area contributed by atoms with Crippen LogP contribution in [-0.2, 0) is 11.3 Å². The minimum atomic E-state index is -0.340. The Bertz CT molecular complexity index is 1130. The average Bonchev–Trinajstić information content (AvgIpc) is 3.33. The number of aromatic nitrogens is 4. The second-order valence-corrected chi connectivity index (χ2v) is 10.1. The first-order chi connectivity index (χ1) is 16.6. The molecule has 2 saturated heterocycles. The minimum absolute atomic E-state index is 0.179. The largest absolute Gasteiger partial charge is 0.381 e. The molecular formula is C24H25ClN6O2S. The molecule has 3 aromatic heterocycles. The molecule has 176 valence electrons. The van der Waals surface area contributed by atoms with Crippen molar-refractivity contribution in [3.8, 4) is 0 Å². The highest BCUT2D eigenvalue weighted by atomic mass is 35.5. The monoisotopic (exact) mass is 496 g/mol. The van der Waals surface area contributed by atoms with Crippen molar-refractivity contribution >= 4 is 35.1 Å². The van der Waals surface area contributed by atoms with Crippen LogP contribution in [0, 0.1) is 5.41 Å². The third kappa shape index (κ3) is 5.16. The van der Waals surface area contributed by atoms with Gasteiger partial charge in [-0.25, -0.2) is 15.0 Å². The van der Waals surface area contributed by atoms with Gasteiger partial charge in [0.15, 0.2) is 0 Å². The van der Waals surface area contributed by atoms with Gasteiger partial charge in [0.05, 0.1) is 24.0 Å². The number of anilines is 1. The fourth-order valence-electron chi connectivity index (χ4n) is 4.32. The molecule has 2 fully saturated rings. The average molecular weight is 497 g/mol. The van der Waals surface area contributed by atoms with E-state index in [4.69, 9.17) is 16.3 Å². The van der Waals surface area contributed by atoms with E-state index in [1.165, 1.54) is 11.8 Å². The second kappa shape index (κ2) is 10.2. The van der Waals surface area contributed by atoms with Crippen LogP contribution >= 0.6 is 23.4 Å². The van der Waals surface area contributed by atoms with Gasteiger partial charge in [-0.15, -0.1) is 0 Å². The number of nitrogens with one attached hydrogen (secondary N) is 1. The quantitative estimate of drug-likeness (QED) is 0.547. The van der Waals surface area contributed by atoms with E-state index in [1.807, 2.05) is 18.3 Å². The summed E-state index contributed by atoms with van der Waals surface area (Å²) in [6.45, 7) is 4.06. The molecule has 0 radical (unpaired) electrons. The summed E-state index contributed by atoms with van der Waals surface area (Å²) in [5.74, 6) is 0.544. The number of carbonyl (C=O) groups excluding carboxylic acids is 1. The Morgan fingerprint density at radius 2 is 2.00 bits per heavy atom. The second-order valence-electron chi connectivity index (χ2n) is 8.62. The van der Waals surface area contributed by atoms with E-state index in [9.17, 15) is 4.79 Å². The van der Waals surface area contributed by atoms with Gasteiger partial charge in [-0.05, 0) is 42.4 Å². The van der Waals surface area contributed by atoms with Gasteiger partial charge >= 0.3 is 0 Å². The molecule has 0 bridgehead atoms. The minimum Gasteiger partial charge on any atom is -0.381 e. The molecule has 2 aliphatic heterocycles. The summed E-state index contributed by atoms with van der Waals surface area (Å²) >= 11 is 7.88. The van der Waals surface area contributed by atoms with E-state index < -0.39 is 0 Å². The lowest BCUT2D eigenvalue weighted by Gasteiger charge is -2.38. The van der Waals surface area contributed by atoms with Gasteiger partial charge in [-0.1, -0.05) is 29.4 Å². The van der Waals surface area contributed by atoms with Gasteiger partial charge in [0.1, 0.15) is 16.5 Å². The van der Waals surface area contributed by atoms with Crippen LogP contribution in [0.1, 0.15) is 35.3 Å². The number of ether oxygens (including phenoxy) is 1. The zero-order valence-electron chi connectivity index (χ0n) is 18.6. The maximum absolute atomic E-state index is 12.6. The van der Waals surface area contributed by atoms with Crippen molar-refractivity contribution in [3.05, 3.63) is 65.5 Å². The number of rotatable bonds is 6. The number of piperidine rings is 1. The maximum atomic E-state index is 12.6. The Morgan fingerprint density at radius 1 is 1.12 bits per heavy atom. The standard InChI is InChI=1S/C24H25ClN6O2S/c25-21-18(3-8-27-22(21)23(32)30-13-17-2-1-7-26-12-17)34-20-15-28-19(14-29-20)31-9-4-24(5-10-31)6-11-33-16-24/h1-3,7-8,12,14-15H,4-6,9-11,13,16H2,(H,30,32). The first-order valence-electron chi connectivity index (χ1n) is 11.3. The SMILES string of the molecule is O=C(NCc1cccnc1)c1nccc(Sc2cnc(N3CCC4(CCOC4)CC3)cn2)c1Cl. The fraction of sp³-hybridized carbons (Fsp3) is 0.375. The predicted molar refractivity (Wildman–Crippen MR) is 130 cm³/mol. The van der Waals surface area contributed by atoms with Crippen molar-refractivity contribution in [1.82, 2.24) is 25.3 Å². The summed E-state index contributed by atoms with van der Waals surface area (Å²) in [7, 11) is 0. The maximum Gasteiger partial charge on any atom is 0.271 e. The van der Waals surface area contributed by atoms with Crippen LogP contribution < -0.4 is 10.2 Å². The van der Waals surface area contributed by atoms with E-state index in [-0.39, 0.29) is 11.6 Å². The van der Waals surface area contributed by atoms with Crippen molar-refractivity contribution in [2.24, 2.45) is 5.41 Å². The first-order valence-corrected chi connectivity index (χ1v) is 12.5. The van der Waals surface area contributed by atoms with E-state index in [0.29, 0.717) is 26.9 Å². The lowest BCUT2D eigenvalue weighted by Crippen LogP contribution is -2.40. The van der Waals surface area contributed by atoms with Crippen molar-refractivity contribution in [3.63, 3.8) is 0 Å². The van der Waals surface area contributed by atoms with Crippen molar-refractivity contribution in [1.29, 1.82) is 0 Å². The molecule has 1 spiro atoms. The van der Waals surface area contributed by atoms with Crippen LogP contribution in [0.2, 0.25) is 5.02 Å². The van der Waals surface area contributed by atoms with E-state index >= 15 is 0 Å². The molecule has 5 rings (SSSR count). The number of halogens is 1. The zero-order chi connectivity index (χ0) is 23.4. The van der Waals surface area contributed by atoms with Crippen LogP contribution in [-0.4, -0.2) is 52.1 Å². The first kappa shape index (κ1) is 23.0. The van der Waals surface area contributed by atoms with Gasteiger partial charge in [0.2, 0.25) is 0 Å². The molecule has 1 N–H and O–H groups in total. The molecule has 5 heterocycles. The van der Waals surface area contributed by atoms with Crippen molar-refractivity contribution < 1.29 is 9.53 Å².